The number of benzene rings is 1. The van der Waals surface area contributed by atoms with Gasteiger partial charge < -0.3 is 15.1 Å². The van der Waals surface area contributed by atoms with Gasteiger partial charge in [0.1, 0.15) is 17.3 Å². The lowest BCUT2D eigenvalue weighted by atomic mass is 9.98. The molecule has 3 aromatic rings. The predicted octanol–water partition coefficient (Wildman–Crippen LogP) is 2.43. The van der Waals surface area contributed by atoms with E-state index in [9.17, 15) is 29.9 Å². The number of rotatable bonds is 5. The second kappa shape index (κ2) is 8.59. The molecule has 5 rings (SSSR count). The maximum Gasteiger partial charge on any atom is 0.349 e. The number of nitriles is 1. The van der Waals surface area contributed by atoms with Gasteiger partial charge in [0.15, 0.2) is 5.57 Å². The first-order chi connectivity index (χ1) is 16.4. The fourth-order valence-electron chi connectivity index (χ4n) is 4.94. The Balaban J connectivity index is 1.60. The molecule has 0 radical (unpaired) electrons. The molecular weight excluding hydrogens is 474 g/mol. The van der Waals surface area contributed by atoms with Crippen molar-refractivity contribution in [2.45, 2.75) is 37.8 Å². The van der Waals surface area contributed by atoms with Crippen LogP contribution in [0.5, 0.6) is 0 Å². The van der Waals surface area contributed by atoms with Gasteiger partial charge in [-0.15, -0.1) is 22.7 Å². The zero-order chi connectivity index (χ0) is 24.0. The minimum absolute atomic E-state index is 0.173. The van der Waals surface area contributed by atoms with Gasteiger partial charge in [-0.25, -0.2) is 4.79 Å². The molecule has 1 saturated carbocycles. The maximum absolute atomic E-state index is 12.9. The molecule has 1 aromatic carbocycles. The number of carboxylic acid groups (broad SMARTS) is 2. The maximum atomic E-state index is 12.9. The molecule has 34 heavy (non-hydrogen) atoms. The van der Waals surface area contributed by atoms with Crippen molar-refractivity contribution in [1.29, 1.82) is 5.26 Å². The Kier molecular flexibility index (Phi) is 5.59. The van der Waals surface area contributed by atoms with Crippen molar-refractivity contribution in [3.05, 3.63) is 66.4 Å². The Labute approximate surface area is 201 Å². The number of hydrogen-bond acceptors (Lipinski definition) is 7. The van der Waals surface area contributed by atoms with Crippen LogP contribution in [0.3, 0.4) is 0 Å². The van der Waals surface area contributed by atoms with Gasteiger partial charge in [0.05, 0.1) is 9.53 Å². The summed E-state index contributed by atoms with van der Waals surface area (Å²) in [7, 11) is 0. The second-order valence-electron chi connectivity index (χ2n) is 8.20. The van der Waals surface area contributed by atoms with E-state index >= 15 is 0 Å². The second-order valence-corrected chi connectivity index (χ2v) is 10.3. The zero-order valence-electron chi connectivity index (χ0n) is 17.8. The summed E-state index contributed by atoms with van der Waals surface area (Å²) in [5.41, 5.74) is 1.30. The predicted molar refractivity (Wildman–Crippen MR) is 129 cm³/mol. The van der Waals surface area contributed by atoms with Crippen LogP contribution in [0.2, 0.25) is 0 Å². The average molecular weight is 494 g/mol. The lowest BCUT2D eigenvalue weighted by Crippen LogP contribution is -2.35. The molecule has 1 aliphatic carbocycles. The first-order valence-electron chi connectivity index (χ1n) is 10.7. The summed E-state index contributed by atoms with van der Waals surface area (Å²) in [4.78, 5) is 38.8. The Bertz CT molecular complexity index is 1540. The number of thiophene rings is 1. The zero-order valence-corrected chi connectivity index (χ0v) is 19.4. The Morgan fingerprint density at radius 2 is 1.94 bits per heavy atom. The molecular formula is C24H19N3O5S2. The van der Waals surface area contributed by atoms with Crippen molar-refractivity contribution < 1.29 is 19.8 Å². The van der Waals surface area contributed by atoms with E-state index in [1.165, 1.54) is 35.4 Å². The first kappa shape index (κ1) is 22.1. The highest BCUT2D eigenvalue weighted by Crippen LogP contribution is 2.53. The third-order valence-electron chi connectivity index (χ3n) is 6.27. The monoisotopic (exact) mass is 493 g/mol. The summed E-state index contributed by atoms with van der Waals surface area (Å²) in [6.45, 7) is -0.722. The minimum atomic E-state index is -1.51. The number of aliphatic carboxylic acids is 2. The SMILES string of the molecule is N#C/C(C(=O)O)=c1\s/c(=C/c2ccc(N3c4ccccc4C4CCCC43)s2)c(=O)n1CC(=O)O. The van der Waals surface area contributed by atoms with Gasteiger partial charge in [0, 0.05) is 22.5 Å². The van der Waals surface area contributed by atoms with Crippen molar-refractivity contribution in [1.82, 2.24) is 4.57 Å². The number of para-hydroxylation sites is 1. The molecule has 2 unspecified atom stereocenters. The number of carboxylic acids is 2. The number of anilines is 2. The molecule has 2 N–H and O–H groups in total. The quantitative estimate of drug-likeness (QED) is 0.559. The molecule has 3 heterocycles. The number of thiazole rings is 1. The molecule has 0 bridgehead atoms. The van der Waals surface area contributed by atoms with Crippen molar-refractivity contribution in [2.24, 2.45) is 0 Å². The highest BCUT2D eigenvalue weighted by molar-refractivity contribution is 7.17. The fraction of sp³-hybridized carbons (Fsp3) is 0.250. The van der Waals surface area contributed by atoms with Gasteiger partial charge in [-0.3, -0.25) is 14.2 Å². The summed E-state index contributed by atoms with van der Waals surface area (Å²) < 4.78 is 0.840. The highest BCUT2D eigenvalue weighted by Gasteiger charge is 2.42. The molecule has 0 amide bonds. The van der Waals surface area contributed by atoms with Gasteiger partial charge in [-0.2, -0.15) is 5.26 Å². The van der Waals surface area contributed by atoms with E-state index in [2.05, 4.69) is 23.1 Å². The topological polar surface area (TPSA) is 124 Å². The van der Waals surface area contributed by atoms with Crippen LogP contribution in [0.1, 0.15) is 35.6 Å². The molecule has 2 aliphatic rings. The van der Waals surface area contributed by atoms with Crippen molar-refractivity contribution in [3.63, 3.8) is 0 Å². The Hall–Kier alpha value is -3.68. The van der Waals surface area contributed by atoms with Crippen LogP contribution in [-0.4, -0.2) is 32.8 Å². The van der Waals surface area contributed by atoms with E-state index in [1.807, 2.05) is 18.2 Å². The molecule has 8 nitrogen and oxygen atoms in total. The Morgan fingerprint density at radius 3 is 2.68 bits per heavy atom. The first-order valence-corrected chi connectivity index (χ1v) is 12.3. The van der Waals surface area contributed by atoms with E-state index < -0.39 is 29.6 Å². The summed E-state index contributed by atoms with van der Waals surface area (Å²) in [5, 5.41) is 28.8. The van der Waals surface area contributed by atoms with Crippen LogP contribution >= 0.6 is 22.7 Å². The van der Waals surface area contributed by atoms with Gasteiger partial charge >= 0.3 is 11.9 Å². The van der Waals surface area contributed by atoms with Crippen molar-refractivity contribution in [2.75, 3.05) is 4.90 Å². The van der Waals surface area contributed by atoms with E-state index in [0.717, 1.165) is 32.2 Å². The van der Waals surface area contributed by atoms with Gasteiger partial charge in [-0.1, -0.05) is 24.6 Å². The summed E-state index contributed by atoms with van der Waals surface area (Å²) in [5.74, 6) is -2.29. The number of fused-ring (bicyclic) bond motifs is 3. The fourth-order valence-corrected chi connectivity index (χ4v) is 7.12. The highest BCUT2D eigenvalue weighted by atomic mass is 32.1. The minimum Gasteiger partial charge on any atom is -0.480 e. The molecule has 10 heteroatoms. The van der Waals surface area contributed by atoms with Crippen LogP contribution in [0, 0.1) is 11.3 Å². The Morgan fingerprint density at radius 1 is 1.15 bits per heavy atom. The largest absolute Gasteiger partial charge is 0.480 e. The standard InChI is InChI=1S/C24H19N3O5S2/c25-11-16(24(31)32)23-26(12-21(28)29)22(30)19(34-23)10-13-8-9-20(33-13)27-17-6-2-1-4-14(17)15-5-3-7-18(15)27/h1-2,4,6,8-10,15,18H,3,5,7,12H2,(H,28,29)(H,31,32)/b19-10+,23-16+. The lowest BCUT2D eigenvalue weighted by molar-refractivity contribution is -0.138. The van der Waals surface area contributed by atoms with Crippen LogP contribution in [0.25, 0.3) is 11.6 Å². The summed E-state index contributed by atoms with van der Waals surface area (Å²) >= 11 is 2.33. The third-order valence-corrected chi connectivity index (χ3v) is 8.43. The molecule has 2 aromatic heterocycles. The summed E-state index contributed by atoms with van der Waals surface area (Å²) in [6.07, 6.45) is 5.11. The van der Waals surface area contributed by atoms with Crippen LogP contribution < -0.4 is 19.7 Å². The van der Waals surface area contributed by atoms with E-state index in [0.29, 0.717) is 12.0 Å². The molecule has 172 valence electrons. The summed E-state index contributed by atoms with van der Waals surface area (Å²) in [6, 6.07) is 14.3. The molecule has 1 aliphatic heterocycles. The average Bonchev–Trinajstić information content (AvgIpc) is 3.56. The molecule has 2 atom stereocenters. The van der Waals surface area contributed by atoms with Crippen LogP contribution in [0.15, 0.2) is 41.2 Å². The van der Waals surface area contributed by atoms with Crippen molar-refractivity contribution >= 4 is 56.9 Å². The third kappa shape index (κ3) is 3.63. The van der Waals surface area contributed by atoms with Gasteiger partial charge in [-0.05, 0) is 42.7 Å². The van der Waals surface area contributed by atoms with Gasteiger partial charge in [0.25, 0.3) is 5.56 Å². The molecule has 0 saturated heterocycles. The van der Waals surface area contributed by atoms with Crippen LogP contribution in [-0.2, 0) is 16.1 Å². The van der Waals surface area contributed by atoms with E-state index in [4.69, 9.17) is 0 Å². The number of carbonyl (C=O) groups is 2. The van der Waals surface area contributed by atoms with E-state index in [-0.39, 0.29) is 9.20 Å². The smallest absolute Gasteiger partial charge is 0.349 e. The van der Waals surface area contributed by atoms with Gasteiger partial charge in [0.2, 0.25) is 0 Å². The molecule has 0 spiro atoms. The van der Waals surface area contributed by atoms with E-state index in [1.54, 1.807) is 12.1 Å². The molecule has 1 fully saturated rings. The number of hydrogen-bond donors (Lipinski definition) is 2. The number of nitrogens with zero attached hydrogens (tertiary/aromatic N) is 3. The normalized spacial score (nSPS) is 20.1. The number of aromatic nitrogens is 1. The lowest BCUT2D eigenvalue weighted by Gasteiger charge is -2.25. The van der Waals surface area contributed by atoms with Crippen molar-refractivity contribution in [3.8, 4) is 6.07 Å². The van der Waals surface area contributed by atoms with Crippen LogP contribution in [0.4, 0.5) is 10.7 Å².